The van der Waals surface area contributed by atoms with Gasteiger partial charge in [0.1, 0.15) is 0 Å². The van der Waals surface area contributed by atoms with E-state index in [-0.39, 0.29) is 11.8 Å². The Morgan fingerprint density at radius 1 is 1.31 bits per heavy atom. The van der Waals surface area contributed by atoms with E-state index in [1.165, 1.54) is 11.3 Å². The molecule has 0 bridgehead atoms. The van der Waals surface area contributed by atoms with E-state index in [4.69, 9.17) is 11.6 Å². The monoisotopic (exact) mass is 260 g/mol. The molecular weight excluding hydrogens is 248 g/mol. The lowest BCUT2D eigenvalue weighted by atomic mass is 10.4. The van der Waals surface area contributed by atoms with Crippen molar-refractivity contribution in [3.05, 3.63) is 22.4 Å². The zero-order valence-electron chi connectivity index (χ0n) is 8.66. The topological polar surface area (TPSA) is 58.2 Å². The van der Waals surface area contributed by atoms with Crippen LogP contribution < -0.4 is 10.6 Å². The largest absolute Gasteiger partial charge is 0.354 e. The highest BCUT2D eigenvalue weighted by atomic mass is 35.5. The highest BCUT2D eigenvalue weighted by Crippen LogP contribution is 2.07. The van der Waals surface area contributed by atoms with Crippen LogP contribution in [0.3, 0.4) is 0 Å². The number of carbonyl (C=O) groups excluding carboxylic acids is 2. The smallest absolute Gasteiger partial charge is 0.261 e. The molecular formula is C10H13ClN2O2S. The first kappa shape index (κ1) is 13.0. The lowest BCUT2D eigenvalue weighted by Crippen LogP contribution is -2.34. The van der Waals surface area contributed by atoms with Crippen molar-refractivity contribution in [2.75, 3.05) is 19.0 Å². The van der Waals surface area contributed by atoms with Gasteiger partial charge in [-0.15, -0.1) is 22.9 Å². The number of alkyl halides is 1. The molecule has 0 unspecified atom stereocenters. The molecule has 2 N–H and O–H groups in total. The zero-order valence-corrected chi connectivity index (χ0v) is 10.2. The van der Waals surface area contributed by atoms with Crippen molar-refractivity contribution in [2.24, 2.45) is 0 Å². The van der Waals surface area contributed by atoms with Crippen LogP contribution in [0.5, 0.6) is 0 Å². The molecule has 0 aliphatic heterocycles. The molecule has 88 valence electrons. The molecule has 0 aliphatic rings. The van der Waals surface area contributed by atoms with Crippen LogP contribution in [0.15, 0.2) is 17.5 Å². The molecule has 2 amide bonds. The maximum Gasteiger partial charge on any atom is 0.261 e. The summed E-state index contributed by atoms with van der Waals surface area (Å²) in [4.78, 5) is 23.1. The van der Waals surface area contributed by atoms with Gasteiger partial charge in [-0.1, -0.05) is 6.07 Å². The van der Waals surface area contributed by atoms with Gasteiger partial charge >= 0.3 is 0 Å². The minimum Gasteiger partial charge on any atom is -0.354 e. The summed E-state index contributed by atoms with van der Waals surface area (Å²) in [6, 6.07) is 3.58. The Balaban J connectivity index is 2.12. The maximum atomic E-state index is 11.4. The standard InChI is InChI=1S/C10H13ClN2O2S/c11-4-3-9(14)12-5-6-13-10(15)8-2-1-7-16-8/h1-2,7H,3-6H2,(H,12,14)(H,13,15). The average Bonchev–Trinajstić information content (AvgIpc) is 2.78. The summed E-state index contributed by atoms with van der Waals surface area (Å²) >= 11 is 6.78. The number of thiophene rings is 1. The van der Waals surface area contributed by atoms with Crippen molar-refractivity contribution in [1.82, 2.24) is 10.6 Å². The molecule has 4 nitrogen and oxygen atoms in total. The Bertz CT molecular complexity index is 341. The molecule has 0 aromatic carbocycles. The third-order valence-electron chi connectivity index (χ3n) is 1.80. The third-order valence-corrected chi connectivity index (χ3v) is 2.86. The average molecular weight is 261 g/mol. The van der Waals surface area contributed by atoms with Crippen molar-refractivity contribution in [3.63, 3.8) is 0 Å². The number of rotatable bonds is 6. The number of carbonyl (C=O) groups is 2. The normalized spacial score (nSPS) is 9.81. The molecule has 1 rings (SSSR count). The fourth-order valence-corrected chi connectivity index (χ4v) is 1.86. The molecule has 0 atom stereocenters. The van der Waals surface area contributed by atoms with Gasteiger partial charge < -0.3 is 10.6 Å². The van der Waals surface area contributed by atoms with E-state index in [9.17, 15) is 9.59 Å². The Hall–Kier alpha value is -1.07. The Labute approximate surface area is 103 Å². The van der Waals surface area contributed by atoms with Gasteiger partial charge in [0.25, 0.3) is 5.91 Å². The maximum absolute atomic E-state index is 11.4. The van der Waals surface area contributed by atoms with Crippen LogP contribution >= 0.6 is 22.9 Å². The van der Waals surface area contributed by atoms with E-state index in [2.05, 4.69) is 10.6 Å². The minimum absolute atomic E-state index is 0.0969. The van der Waals surface area contributed by atoms with Crippen LogP contribution in [0.2, 0.25) is 0 Å². The fraction of sp³-hybridized carbons (Fsp3) is 0.400. The number of nitrogens with one attached hydrogen (secondary N) is 2. The van der Waals surface area contributed by atoms with Gasteiger partial charge in [-0.3, -0.25) is 9.59 Å². The van der Waals surface area contributed by atoms with E-state index in [0.717, 1.165) is 0 Å². The molecule has 1 aromatic rings. The van der Waals surface area contributed by atoms with Gasteiger partial charge in [0.05, 0.1) is 4.88 Å². The minimum atomic E-state index is -0.110. The first-order valence-corrected chi connectivity index (χ1v) is 6.30. The molecule has 6 heteroatoms. The Kier molecular flexibility index (Phi) is 5.88. The quantitative estimate of drug-likeness (QED) is 0.597. The summed E-state index contributed by atoms with van der Waals surface area (Å²) in [6.45, 7) is 0.845. The van der Waals surface area contributed by atoms with Gasteiger partial charge in [0, 0.05) is 25.4 Å². The highest BCUT2D eigenvalue weighted by Gasteiger charge is 2.05. The van der Waals surface area contributed by atoms with Crippen LogP contribution in [0.4, 0.5) is 0 Å². The van der Waals surface area contributed by atoms with E-state index in [1.54, 1.807) is 6.07 Å². The Morgan fingerprint density at radius 2 is 2.06 bits per heavy atom. The summed E-state index contributed by atoms with van der Waals surface area (Å²) in [6.07, 6.45) is 0.306. The van der Waals surface area contributed by atoms with E-state index in [1.807, 2.05) is 11.4 Å². The number of hydrogen-bond donors (Lipinski definition) is 2. The van der Waals surface area contributed by atoms with E-state index in [0.29, 0.717) is 30.3 Å². The molecule has 0 aliphatic carbocycles. The summed E-state index contributed by atoms with van der Waals surface area (Å²) in [5.41, 5.74) is 0. The lowest BCUT2D eigenvalue weighted by molar-refractivity contribution is -0.120. The van der Waals surface area contributed by atoms with Gasteiger partial charge in [0.15, 0.2) is 0 Å². The van der Waals surface area contributed by atoms with Crippen molar-refractivity contribution < 1.29 is 9.59 Å². The second-order valence-corrected chi connectivity index (χ2v) is 4.35. The first-order valence-electron chi connectivity index (χ1n) is 4.88. The third kappa shape index (κ3) is 4.63. The van der Waals surface area contributed by atoms with E-state index < -0.39 is 0 Å². The molecule has 1 heterocycles. The second-order valence-electron chi connectivity index (χ2n) is 3.02. The van der Waals surface area contributed by atoms with Crippen molar-refractivity contribution >= 4 is 34.8 Å². The zero-order chi connectivity index (χ0) is 11.8. The number of hydrogen-bond acceptors (Lipinski definition) is 3. The first-order chi connectivity index (χ1) is 7.74. The molecule has 0 saturated heterocycles. The number of halogens is 1. The van der Waals surface area contributed by atoms with Crippen LogP contribution in [0.25, 0.3) is 0 Å². The van der Waals surface area contributed by atoms with Gasteiger partial charge in [-0.2, -0.15) is 0 Å². The molecule has 0 fully saturated rings. The van der Waals surface area contributed by atoms with Crippen molar-refractivity contribution in [1.29, 1.82) is 0 Å². The lowest BCUT2D eigenvalue weighted by Gasteiger charge is -2.05. The molecule has 0 radical (unpaired) electrons. The van der Waals surface area contributed by atoms with Gasteiger partial charge in [-0.25, -0.2) is 0 Å². The SMILES string of the molecule is O=C(CCCl)NCCNC(=O)c1cccs1. The highest BCUT2D eigenvalue weighted by molar-refractivity contribution is 7.12. The number of amides is 2. The van der Waals surface area contributed by atoms with Gasteiger partial charge in [0.2, 0.25) is 5.91 Å². The van der Waals surface area contributed by atoms with Crippen LogP contribution in [0.1, 0.15) is 16.1 Å². The fourth-order valence-electron chi connectivity index (χ4n) is 1.05. The van der Waals surface area contributed by atoms with Crippen molar-refractivity contribution in [3.8, 4) is 0 Å². The van der Waals surface area contributed by atoms with Gasteiger partial charge in [-0.05, 0) is 11.4 Å². The second kappa shape index (κ2) is 7.24. The van der Waals surface area contributed by atoms with Crippen LogP contribution in [0, 0.1) is 0 Å². The summed E-state index contributed by atoms with van der Waals surface area (Å²) < 4.78 is 0. The molecule has 16 heavy (non-hydrogen) atoms. The van der Waals surface area contributed by atoms with Crippen LogP contribution in [-0.2, 0) is 4.79 Å². The summed E-state index contributed by atoms with van der Waals surface area (Å²) in [5.74, 6) is 0.106. The Morgan fingerprint density at radius 3 is 2.69 bits per heavy atom. The predicted molar refractivity (Wildman–Crippen MR) is 65.0 cm³/mol. The summed E-state index contributed by atoms with van der Waals surface area (Å²) in [7, 11) is 0. The predicted octanol–water partition coefficient (Wildman–Crippen LogP) is 1.22. The molecule has 0 saturated carbocycles. The molecule has 1 aromatic heterocycles. The summed E-state index contributed by atoms with van der Waals surface area (Å²) in [5, 5.41) is 7.20. The van der Waals surface area contributed by atoms with Crippen molar-refractivity contribution in [2.45, 2.75) is 6.42 Å². The molecule has 0 spiro atoms. The van der Waals surface area contributed by atoms with Crippen LogP contribution in [-0.4, -0.2) is 30.8 Å². The van der Waals surface area contributed by atoms with E-state index >= 15 is 0 Å².